The van der Waals surface area contributed by atoms with Gasteiger partial charge in [-0.15, -0.1) is 0 Å². The molecule has 1 aliphatic rings. The van der Waals surface area contributed by atoms with Crippen molar-refractivity contribution in [3.8, 4) is 0 Å². The van der Waals surface area contributed by atoms with Crippen LogP contribution in [0.25, 0.3) is 0 Å². The Morgan fingerprint density at radius 1 is 1.50 bits per heavy atom. The van der Waals surface area contributed by atoms with E-state index in [-0.39, 0.29) is 23.3 Å². The summed E-state index contributed by atoms with van der Waals surface area (Å²) in [4.78, 5) is 11.5. The van der Waals surface area contributed by atoms with E-state index in [0.29, 0.717) is 18.5 Å². The number of hydrogen-bond acceptors (Lipinski definition) is 3. The topological polar surface area (TPSA) is 63.2 Å². The van der Waals surface area contributed by atoms with Crippen molar-refractivity contribution in [2.75, 3.05) is 18.1 Å². The van der Waals surface area contributed by atoms with Gasteiger partial charge in [-0.05, 0) is 25.7 Å². The lowest BCUT2D eigenvalue weighted by Gasteiger charge is -2.09. The van der Waals surface area contributed by atoms with Crippen molar-refractivity contribution in [2.24, 2.45) is 5.92 Å². The van der Waals surface area contributed by atoms with E-state index < -0.39 is 9.84 Å². The predicted molar refractivity (Wildman–Crippen MR) is 63.8 cm³/mol. The Balaban J connectivity index is 2.36. The molecule has 1 aliphatic heterocycles. The summed E-state index contributed by atoms with van der Waals surface area (Å²) in [6.45, 7) is 4.21. The molecule has 0 spiro atoms. The Bertz CT molecular complexity index is 384. The van der Waals surface area contributed by atoms with Crippen LogP contribution >= 0.6 is 0 Å². The molecule has 0 aromatic heterocycles. The Labute approximate surface area is 97.0 Å². The minimum Gasteiger partial charge on any atom is -0.352 e. The highest BCUT2D eigenvalue weighted by atomic mass is 32.2. The number of nitrogens with one attached hydrogen (secondary N) is 1. The zero-order valence-electron chi connectivity index (χ0n) is 9.82. The summed E-state index contributed by atoms with van der Waals surface area (Å²) in [6.07, 6.45) is 3.36. The van der Waals surface area contributed by atoms with E-state index in [0.717, 1.165) is 6.42 Å². The van der Waals surface area contributed by atoms with Gasteiger partial charge in [0.15, 0.2) is 9.84 Å². The average molecular weight is 245 g/mol. The van der Waals surface area contributed by atoms with Gasteiger partial charge in [-0.3, -0.25) is 4.79 Å². The van der Waals surface area contributed by atoms with E-state index in [4.69, 9.17) is 0 Å². The first-order chi connectivity index (χ1) is 7.44. The number of sulfone groups is 1. The number of carbonyl (C=O) groups is 1. The summed E-state index contributed by atoms with van der Waals surface area (Å²) in [5.74, 6) is 0.468. The van der Waals surface area contributed by atoms with Crippen molar-refractivity contribution in [2.45, 2.75) is 26.7 Å². The number of carbonyl (C=O) groups excluding carboxylic acids is 1. The second-order valence-electron chi connectivity index (χ2n) is 4.27. The molecule has 1 fully saturated rings. The van der Waals surface area contributed by atoms with Gasteiger partial charge in [0.05, 0.1) is 11.5 Å². The Morgan fingerprint density at radius 3 is 2.69 bits per heavy atom. The normalized spacial score (nSPS) is 24.4. The zero-order chi connectivity index (χ0) is 12.2. The third kappa shape index (κ3) is 3.96. The molecule has 92 valence electrons. The van der Waals surface area contributed by atoms with Crippen molar-refractivity contribution < 1.29 is 13.2 Å². The van der Waals surface area contributed by atoms with Gasteiger partial charge in [-0.2, -0.15) is 0 Å². The number of allylic oxidation sites excluding steroid dienone is 1. The van der Waals surface area contributed by atoms with Gasteiger partial charge in [0.2, 0.25) is 5.91 Å². The molecule has 0 aliphatic carbocycles. The van der Waals surface area contributed by atoms with E-state index in [1.165, 1.54) is 0 Å². The maximum atomic E-state index is 11.5. The van der Waals surface area contributed by atoms with Crippen LogP contribution in [0.5, 0.6) is 0 Å². The van der Waals surface area contributed by atoms with Gasteiger partial charge in [0.1, 0.15) is 0 Å². The fourth-order valence-corrected chi connectivity index (χ4v) is 3.67. The molecular formula is C11H19NO3S. The highest BCUT2D eigenvalue weighted by Gasteiger charge is 2.27. The molecule has 1 amide bonds. The van der Waals surface area contributed by atoms with Crippen LogP contribution in [0.1, 0.15) is 26.7 Å². The van der Waals surface area contributed by atoms with E-state index >= 15 is 0 Å². The number of hydrogen-bond donors (Lipinski definition) is 1. The second kappa shape index (κ2) is 5.48. The number of amides is 1. The quantitative estimate of drug-likeness (QED) is 0.748. The van der Waals surface area contributed by atoms with Gasteiger partial charge in [0.25, 0.3) is 0 Å². The summed E-state index contributed by atoms with van der Waals surface area (Å²) < 4.78 is 22.4. The van der Waals surface area contributed by atoms with Gasteiger partial charge < -0.3 is 5.32 Å². The smallest absolute Gasteiger partial charge is 0.246 e. The highest BCUT2D eigenvalue weighted by molar-refractivity contribution is 7.91. The van der Waals surface area contributed by atoms with E-state index in [2.05, 4.69) is 5.32 Å². The Hall–Kier alpha value is -0.840. The SMILES string of the molecule is CC/C=C(\C)C(=O)NCC1CCS(=O)(=O)C1. The first-order valence-electron chi connectivity index (χ1n) is 5.60. The van der Waals surface area contributed by atoms with Crippen molar-refractivity contribution >= 4 is 15.7 Å². The molecule has 1 rings (SSSR count). The maximum Gasteiger partial charge on any atom is 0.246 e. The van der Waals surface area contributed by atoms with Crippen LogP contribution in [0.3, 0.4) is 0 Å². The van der Waals surface area contributed by atoms with Crippen LogP contribution in [0.2, 0.25) is 0 Å². The molecule has 0 bridgehead atoms. The van der Waals surface area contributed by atoms with Crippen molar-refractivity contribution in [3.63, 3.8) is 0 Å². The van der Waals surface area contributed by atoms with E-state index in [9.17, 15) is 13.2 Å². The third-order valence-electron chi connectivity index (χ3n) is 2.75. The molecule has 0 saturated carbocycles. The lowest BCUT2D eigenvalue weighted by molar-refractivity contribution is -0.117. The Kier molecular flexibility index (Phi) is 4.53. The van der Waals surface area contributed by atoms with E-state index in [1.54, 1.807) is 6.92 Å². The molecule has 1 heterocycles. The average Bonchev–Trinajstić information content (AvgIpc) is 2.55. The van der Waals surface area contributed by atoms with Crippen LogP contribution in [0.4, 0.5) is 0 Å². The highest BCUT2D eigenvalue weighted by Crippen LogP contribution is 2.17. The second-order valence-corrected chi connectivity index (χ2v) is 6.50. The minimum absolute atomic E-state index is 0.0865. The molecule has 0 aromatic rings. The summed E-state index contributed by atoms with van der Waals surface area (Å²) in [7, 11) is -2.84. The molecule has 1 atom stereocenters. The summed E-state index contributed by atoms with van der Waals surface area (Å²) >= 11 is 0. The van der Waals surface area contributed by atoms with Crippen LogP contribution in [-0.2, 0) is 14.6 Å². The minimum atomic E-state index is -2.84. The van der Waals surface area contributed by atoms with Gasteiger partial charge in [-0.1, -0.05) is 13.0 Å². The van der Waals surface area contributed by atoms with Crippen LogP contribution < -0.4 is 5.32 Å². The maximum absolute atomic E-state index is 11.5. The van der Waals surface area contributed by atoms with Crippen molar-refractivity contribution in [3.05, 3.63) is 11.6 Å². The molecule has 5 heteroatoms. The largest absolute Gasteiger partial charge is 0.352 e. The molecule has 4 nitrogen and oxygen atoms in total. The summed E-state index contributed by atoms with van der Waals surface area (Å²) in [6, 6.07) is 0. The summed E-state index contributed by atoms with van der Waals surface area (Å²) in [5, 5.41) is 2.78. The summed E-state index contributed by atoms with van der Waals surface area (Å²) in [5.41, 5.74) is 0.698. The third-order valence-corrected chi connectivity index (χ3v) is 4.58. The zero-order valence-corrected chi connectivity index (χ0v) is 10.6. The standard InChI is InChI=1S/C11H19NO3S/c1-3-4-9(2)11(13)12-7-10-5-6-16(14,15)8-10/h4,10H,3,5-8H2,1-2H3,(H,12,13)/b9-4+. The molecule has 1 saturated heterocycles. The molecule has 16 heavy (non-hydrogen) atoms. The van der Waals surface area contributed by atoms with Crippen molar-refractivity contribution in [1.82, 2.24) is 5.32 Å². The van der Waals surface area contributed by atoms with Gasteiger partial charge >= 0.3 is 0 Å². The lowest BCUT2D eigenvalue weighted by atomic mass is 10.1. The van der Waals surface area contributed by atoms with Crippen molar-refractivity contribution in [1.29, 1.82) is 0 Å². The fraction of sp³-hybridized carbons (Fsp3) is 0.727. The van der Waals surface area contributed by atoms with Gasteiger partial charge in [-0.25, -0.2) is 8.42 Å². The first kappa shape index (κ1) is 13.2. The number of rotatable bonds is 4. The molecule has 0 radical (unpaired) electrons. The molecule has 1 N–H and O–H groups in total. The Morgan fingerprint density at radius 2 is 2.19 bits per heavy atom. The van der Waals surface area contributed by atoms with E-state index in [1.807, 2.05) is 13.0 Å². The predicted octanol–water partition coefficient (Wildman–Crippen LogP) is 0.894. The monoisotopic (exact) mass is 245 g/mol. The first-order valence-corrected chi connectivity index (χ1v) is 7.42. The fourth-order valence-electron chi connectivity index (χ4n) is 1.81. The van der Waals surface area contributed by atoms with Crippen LogP contribution in [-0.4, -0.2) is 32.4 Å². The molecule has 1 unspecified atom stereocenters. The van der Waals surface area contributed by atoms with Crippen LogP contribution in [0, 0.1) is 5.92 Å². The lowest BCUT2D eigenvalue weighted by Crippen LogP contribution is -2.30. The van der Waals surface area contributed by atoms with Gasteiger partial charge in [0, 0.05) is 12.1 Å². The van der Waals surface area contributed by atoms with Crippen LogP contribution in [0.15, 0.2) is 11.6 Å². The molecule has 0 aromatic carbocycles. The molecular weight excluding hydrogens is 226 g/mol.